The lowest BCUT2D eigenvalue weighted by molar-refractivity contribution is 0.0693. The van der Waals surface area contributed by atoms with Crippen LogP contribution in [0.1, 0.15) is 62.2 Å². The van der Waals surface area contributed by atoms with E-state index >= 15 is 0 Å². The summed E-state index contributed by atoms with van der Waals surface area (Å²) in [6.45, 7) is 2.23. The van der Waals surface area contributed by atoms with Crippen molar-refractivity contribution < 1.29 is 9.90 Å². The van der Waals surface area contributed by atoms with E-state index in [0.717, 1.165) is 21.5 Å². The third kappa shape index (κ3) is 6.80. The van der Waals surface area contributed by atoms with E-state index in [1.54, 1.807) is 23.9 Å². The van der Waals surface area contributed by atoms with Crippen molar-refractivity contribution in [3.8, 4) is 0 Å². The van der Waals surface area contributed by atoms with Crippen LogP contribution in [0.5, 0.6) is 0 Å². The van der Waals surface area contributed by atoms with Gasteiger partial charge in [0.1, 0.15) is 0 Å². The summed E-state index contributed by atoms with van der Waals surface area (Å²) >= 11 is 5.04. The molecule has 0 spiro atoms. The van der Waals surface area contributed by atoms with Gasteiger partial charge in [-0.1, -0.05) is 61.4 Å². The van der Waals surface area contributed by atoms with Gasteiger partial charge in [0.25, 0.3) is 0 Å². The summed E-state index contributed by atoms with van der Waals surface area (Å²) in [5.74, 6) is 0.143. The fraction of sp³-hybridized carbons (Fsp3) is 0.562. The molecule has 112 valence electrons. The maximum Gasteiger partial charge on any atom is 0.336 e. The average molecular weight is 359 g/mol. The van der Waals surface area contributed by atoms with Gasteiger partial charge in [0.2, 0.25) is 0 Å². The zero-order chi connectivity index (χ0) is 14.8. The molecule has 0 aliphatic rings. The zero-order valence-corrected chi connectivity index (χ0v) is 14.4. The highest BCUT2D eigenvalue weighted by molar-refractivity contribution is 9.10. The van der Waals surface area contributed by atoms with E-state index in [0.29, 0.717) is 5.56 Å². The van der Waals surface area contributed by atoms with Crippen LogP contribution >= 0.6 is 27.7 Å². The fourth-order valence-electron chi connectivity index (χ4n) is 2.03. The van der Waals surface area contributed by atoms with Gasteiger partial charge in [-0.15, -0.1) is 11.8 Å². The number of unbranched alkanes of at least 4 members (excludes halogenated alkanes) is 6. The zero-order valence-electron chi connectivity index (χ0n) is 12.0. The molecule has 0 aliphatic carbocycles. The van der Waals surface area contributed by atoms with Crippen molar-refractivity contribution in [2.45, 2.75) is 56.8 Å². The van der Waals surface area contributed by atoms with Crippen LogP contribution in [0.15, 0.2) is 27.6 Å². The molecule has 0 amide bonds. The first-order valence-corrected chi connectivity index (χ1v) is 9.08. The second kappa shape index (κ2) is 10.3. The largest absolute Gasteiger partial charge is 0.478 e. The van der Waals surface area contributed by atoms with Crippen molar-refractivity contribution in [2.75, 3.05) is 5.75 Å². The Morgan fingerprint density at radius 1 is 1.15 bits per heavy atom. The van der Waals surface area contributed by atoms with E-state index in [1.165, 1.54) is 38.5 Å². The Morgan fingerprint density at radius 2 is 1.80 bits per heavy atom. The molecular weight excluding hydrogens is 336 g/mol. The number of rotatable bonds is 10. The molecular formula is C16H23BrO2S. The maximum absolute atomic E-state index is 11.1. The molecule has 0 atom stereocenters. The van der Waals surface area contributed by atoms with Crippen LogP contribution in [0.3, 0.4) is 0 Å². The van der Waals surface area contributed by atoms with Gasteiger partial charge in [0.05, 0.1) is 5.56 Å². The normalized spacial score (nSPS) is 10.7. The summed E-state index contributed by atoms with van der Waals surface area (Å²) in [5, 5.41) is 9.15. The second-order valence-electron chi connectivity index (χ2n) is 4.92. The summed E-state index contributed by atoms with van der Waals surface area (Å²) < 4.78 is 0.935. The van der Waals surface area contributed by atoms with Crippen molar-refractivity contribution in [3.63, 3.8) is 0 Å². The summed E-state index contributed by atoms with van der Waals surface area (Å²) in [6, 6.07) is 5.34. The Balaban J connectivity index is 2.28. The number of hydrogen-bond donors (Lipinski definition) is 1. The monoisotopic (exact) mass is 358 g/mol. The van der Waals surface area contributed by atoms with Crippen molar-refractivity contribution >= 4 is 33.7 Å². The summed E-state index contributed by atoms with van der Waals surface area (Å²) in [4.78, 5) is 12.0. The first-order valence-electron chi connectivity index (χ1n) is 7.30. The van der Waals surface area contributed by atoms with E-state index < -0.39 is 5.97 Å². The Morgan fingerprint density at radius 3 is 2.45 bits per heavy atom. The van der Waals surface area contributed by atoms with Gasteiger partial charge in [-0.2, -0.15) is 0 Å². The Hall–Kier alpha value is -0.480. The highest BCUT2D eigenvalue weighted by Gasteiger charge is 2.10. The van der Waals surface area contributed by atoms with Crippen LogP contribution in [0, 0.1) is 0 Å². The van der Waals surface area contributed by atoms with Gasteiger partial charge in [-0.05, 0) is 30.4 Å². The Labute approximate surface area is 134 Å². The van der Waals surface area contributed by atoms with Crippen molar-refractivity contribution in [1.29, 1.82) is 0 Å². The van der Waals surface area contributed by atoms with E-state index in [1.807, 2.05) is 6.07 Å². The van der Waals surface area contributed by atoms with Crippen LogP contribution < -0.4 is 0 Å². The SMILES string of the molecule is CCCCCCCCCSc1cc(Br)ccc1C(=O)O. The number of thioether (sulfide) groups is 1. The van der Waals surface area contributed by atoms with Gasteiger partial charge < -0.3 is 5.11 Å². The van der Waals surface area contributed by atoms with E-state index in [2.05, 4.69) is 22.9 Å². The van der Waals surface area contributed by atoms with Crippen LogP contribution in [0.2, 0.25) is 0 Å². The number of aromatic carboxylic acids is 1. The molecule has 0 unspecified atom stereocenters. The third-order valence-corrected chi connectivity index (χ3v) is 4.81. The first-order chi connectivity index (χ1) is 9.65. The number of carboxylic acid groups (broad SMARTS) is 1. The first kappa shape index (κ1) is 17.6. The minimum atomic E-state index is -0.848. The van der Waals surface area contributed by atoms with Crippen LogP contribution in [0.4, 0.5) is 0 Å². The molecule has 0 aromatic heterocycles. The van der Waals surface area contributed by atoms with Crippen molar-refractivity contribution in [3.05, 3.63) is 28.2 Å². The van der Waals surface area contributed by atoms with E-state index in [9.17, 15) is 4.79 Å². The third-order valence-electron chi connectivity index (χ3n) is 3.18. The molecule has 1 N–H and O–H groups in total. The number of carbonyl (C=O) groups is 1. The molecule has 1 aromatic rings. The standard InChI is InChI=1S/C16H23BrO2S/c1-2-3-4-5-6-7-8-11-20-15-12-13(17)9-10-14(15)16(18)19/h9-10,12H,2-8,11H2,1H3,(H,18,19). The molecule has 0 saturated heterocycles. The molecule has 0 bridgehead atoms. The van der Waals surface area contributed by atoms with Gasteiger partial charge in [-0.25, -0.2) is 4.79 Å². The Kier molecular flexibility index (Phi) is 9.03. The van der Waals surface area contributed by atoms with E-state index in [-0.39, 0.29) is 0 Å². The molecule has 1 aromatic carbocycles. The molecule has 20 heavy (non-hydrogen) atoms. The molecule has 0 radical (unpaired) electrons. The lowest BCUT2D eigenvalue weighted by Gasteiger charge is -2.06. The van der Waals surface area contributed by atoms with Gasteiger partial charge in [-0.3, -0.25) is 0 Å². The van der Waals surface area contributed by atoms with Crippen LogP contribution in [0.25, 0.3) is 0 Å². The van der Waals surface area contributed by atoms with Gasteiger partial charge in [0, 0.05) is 9.37 Å². The van der Waals surface area contributed by atoms with Crippen LogP contribution in [-0.4, -0.2) is 16.8 Å². The number of carboxylic acids is 1. The summed E-state index contributed by atoms with van der Waals surface area (Å²) in [5.41, 5.74) is 0.404. The summed E-state index contributed by atoms with van der Waals surface area (Å²) in [7, 11) is 0. The second-order valence-corrected chi connectivity index (χ2v) is 6.97. The van der Waals surface area contributed by atoms with Gasteiger partial charge in [0.15, 0.2) is 0 Å². The molecule has 1 rings (SSSR count). The number of benzene rings is 1. The predicted octanol–water partition coefficient (Wildman–Crippen LogP) is 5.99. The quantitative estimate of drug-likeness (QED) is 0.412. The number of hydrogen-bond acceptors (Lipinski definition) is 2. The molecule has 0 fully saturated rings. The number of halogens is 1. The van der Waals surface area contributed by atoms with Gasteiger partial charge >= 0.3 is 5.97 Å². The molecule has 0 aliphatic heterocycles. The molecule has 0 heterocycles. The molecule has 4 heteroatoms. The Bertz CT molecular complexity index is 421. The topological polar surface area (TPSA) is 37.3 Å². The maximum atomic E-state index is 11.1. The van der Waals surface area contributed by atoms with E-state index in [4.69, 9.17) is 5.11 Å². The lowest BCUT2D eigenvalue weighted by atomic mass is 10.1. The van der Waals surface area contributed by atoms with Crippen LogP contribution in [-0.2, 0) is 0 Å². The average Bonchev–Trinajstić information content (AvgIpc) is 2.41. The fourth-order valence-corrected chi connectivity index (χ4v) is 3.64. The minimum absolute atomic E-state index is 0.404. The highest BCUT2D eigenvalue weighted by Crippen LogP contribution is 2.27. The lowest BCUT2D eigenvalue weighted by Crippen LogP contribution is -1.99. The molecule has 0 saturated carbocycles. The molecule has 2 nitrogen and oxygen atoms in total. The smallest absolute Gasteiger partial charge is 0.336 e. The van der Waals surface area contributed by atoms with Crippen molar-refractivity contribution in [2.24, 2.45) is 0 Å². The van der Waals surface area contributed by atoms with Crippen molar-refractivity contribution in [1.82, 2.24) is 0 Å². The minimum Gasteiger partial charge on any atom is -0.478 e. The predicted molar refractivity (Wildman–Crippen MR) is 89.8 cm³/mol. The summed E-state index contributed by atoms with van der Waals surface area (Å²) in [6.07, 6.45) is 9.00. The highest BCUT2D eigenvalue weighted by atomic mass is 79.9.